The average molecular weight is 157 g/mol. The van der Waals surface area contributed by atoms with Gasteiger partial charge in [-0.05, 0) is 18.2 Å². The van der Waals surface area contributed by atoms with Crippen LogP contribution in [0.5, 0.6) is 0 Å². The summed E-state index contributed by atoms with van der Waals surface area (Å²) >= 11 is 0. The Morgan fingerprint density at radius 2 is 2.50 bits per heavy atom. The van der Waals surface area contributed by atoms with Crippen LogP contribution in [0.1, 0.15) is 6.42 Å². The van der Waals surface area contributed by atoms with E-state index in [1.807, 2.05) is 18.2 Å². The molecule has 3 heteroatoms. The van der Waals surface area contributed by atoms with Crippen molar-refractivity contribution in [3.05, 3.63) is 23.9 Å². The molecule has 0 radical (unpaired) electrons. The van der Waals surface area contributed by atoms with Gasteiger partial charge in [0.2, 0.25) is 0 Å². The van der Waals surface area contributed by atoms with Crippen LogP contribution in [-0.4, -0.2) is 18.0 Å². The summed E-state index contributed by atoms with van der Waals surface area (Å²) in [6, 6.07) is 2.14. The highest BCUT2D eigenvalue weighted by Gasteiger charge is 2.18. The molecule has 0 spiro atoms. The molecule has 0 unspecified atom stereocenters. The molecule has 0 saturated carbocycles. The maximum Gasteiger partial charge on any atom is 0.112 e. The number of aliphatic imine (C=N–C) groups is 2. The topological polar surface area (TPSA) is 48.5 Å². The van der Waals surface area contributed by atoms with E-state index in [-0.39, 0.29) is 6.04 Å². The summed E-state index contributed by atoms with van der Waals surface area (Å²) < 4.78 is 0. The van der Waals surface area contributed by atoms with Crippen LogP contribution in [0.2, 0.25) is 0 Å². The first-order valence-electron chi connectivity index (χ1n) is 3.76. The predicted molar refractivity (Wildman–Crippen MR) is 47.2 cm³/mol. The number of allylic oxidation sites excluding steroid dienone is 2. The predicted octanol–water partition coefficient (Wildman–Crippen LogP) is 1.25. The molecular formula is C9H7N3. The first-order valence-corrected chi connectivity index (χ1v) is 3.76. The highest BCUT2D eigenvalue weighted by molar-refractivity contribution is 6.07. The molecule has 58 valence electrons. The summed E-state index contributed by atoms with van der Waals surface area (Å²) in [7, 11) is 0. The second-order valence-electron chi connectivity index (χ2n) is 2.63. The van der Waals surface area contributed by atoms with Crippen molar-refractivity contribution in [2.75, 3.05) is 0 Å². The molecule has 0 saturated heterocycles. The number of rotatable bonds is 1. The van der Waals surface area contributed by atoms with E-state index < -0.39 is 0 Å². The highest BCUT2D eigenvalue weighted by Crippen LogP contribution is 2.18. The average Bonchev–Trinajstić information content (AvgIpc) is 2.47. The molecule has 0 bridgehead atoms. The van der Waals surface area contributed by atoms with Gasteiger partial charge in [-0.25, -0.2) is 0 Å². The molecule has 0 fully saturated rings. The van der Waals surface area contributed by atoms with E-state index >= 15 is 0 Å². The Labute approximate surface area is 70.5 Å². The standard InChI is InChI=1S/C9H7N3/c10-4-3-7-6-9-8(12-7)2-1-5-11-9/h1-2,5-6,9H,3H2/t9-/m1/s1. The second kappa shape index (κ2) is 2.74. The van der Waals surface area contributed by atoms with E-state index in [4.69, 9.17) is 5.26 Å². The first-order chi connectivity index (χ1) is 5.90. The Bertz CT molecular complexity index is 352. The zero-order chi connectivity index (χ0) is 8.39. The lowest BCUT2D eigenvalue weighted by Gasteiger charge is -2.03. The second-order valence-corrected chi connectivity index (χ2v) is 2.63. The van der Waals surface area contributed by atoms with E-state index in [1.54, 1.807) is 6.21 Å². The van der Waals surface area contributed by atoms with Crippen molar-refractivity contribution in [1.29, 1.82) is 5.26 Å². The van der Waals surface area contributed by atoms with Crippen molar-refractivity contribution in [1.82, 2.24) is 0 Å². The van der Waals surface area contributed by atoms with E-state index in [9.17, 15) is 0 Å². The van der Waals surface area contributed by atoms with E-state index in [2.05, 4.69) is 16.1 Å². The molecular weight excluding hydrogens is 150 g/mol. The first kappa shape index (κ1) is 6.99. The normalized spacial score (nSPS) is 24.4. The Hall–Kier alpha value is -1.69. The van der Waals surface area contributed by atoms with Gasteiger partial charge in [0, 0.05) is 6.21 Å². The van der Waals surface area contributed by atoms with Gasteiger partial charge >= 0.3 is 0 Å². The van der Waals surface area contributed by atoms with Gasteiger partial charge in [-0.3, -0.25) is 9.98 Å². The third-order valence-electron chi connectivity index (χ3n) is 1.79. The largest absolute Gasteiger partial charge is 0.279 e. The van der Waals surface area contributed by atoms with Gasteiger partial charge in [-0.15, -0.1) is 0 Å². The molecule has 0 aromatic heterocycles. The van der Waals surface area contributed by atoms with Crippen molar-refractivity contribution in [3.63, 3.8) is 0 Å². The molecule has 2 rings (SSSR count). The van der Waals surface area contributed by atoms with Crippen LogP contribution in [-0.2, 0) is 0 Å². The number of fused-ring (bicyclic) bond motifs is 1. The van der Waals surface area contributed by atoms with E-state index in [0.717, 1.165) is 11.4 Å². The summed E-state index contributed by atoms with van der Waals surface area (Å²) in [4.78, 5) is 8.45. The summed E-state index contributed by atoms with van der Waals surface area (Å²) in [6.45, 7) is 0. The highest BCUT2D eigenvalue weighted by atomic mass is 14.9. The van der Waals surface area contributed by atoms with E-state index in [1.165, 1.54) is 0 Å². The van der Waals surface area contributed by atoms with Crippen molar-refractivity contribution in [3.8, 4) is 6.07 Å². The van der Waals surface area contributed by atoms with Crippen LogP contribution >= 0.6 is 0 Å². The lowest BCUT2D eigenvalue weighted by Crippen LogP contribution is -2.12. The third kappa shape index (κ3) is 1.08. The lowest BCUT2D eigenvalue weighted by atomic mass is 10.1. The zero-order valence-corrected chi connectivity index (χ0v) is 6.44. The number of dihydropyridines is 1. The maximum absolute atomic E-state index is 8.44. The summed E-state index contributed by atoms with van der Waals surface area (Å²) in [5.41, 5.74) is 1.78. The molecule has 0 N–H and O–H groups in total. The van der Waals surface area contributed by atoms with Crippen molar-refractivity contribution in [2.24, 2.45) is 9.98 Å². The molecule has 0 amide bonds. The summed E-state index contributed by atoms with van der Waals surface area (Å²) in [5, 5.41) is 8.44. The lowest BCUT2D eigenvalue weighted by molar-refractivity contribution is 1.10. The van der Waals surface area contributed by atoms with Crippen LogP contribution in [0.25, 0.3) is 0 Å². The fourth-order valence-electron chi connectivity index (χ4n) is 1.26. The van der Waals surface area contributed by atoms with Crippen molar-refractivity contribution >= 4 is 11.9 Å². The smallest absolute Gasteiger partial charge is 0.112 e. The van der Waals surface area contributed by atoms with Gasteiger partial charge in [0.25, 0.3) is 0 Å². The minimum absolute atomic E-state index is 0.0679. The minimum Gasteiger partial charge on any atom is -0.279 e. The molecule has 0 aliphatic carbocycles. The maximum atomic E-state index is 8.44. The van der Waals surface area contributed by atoms with Crippen molar-refractivity contribution < 1.29 is 0 Å². The zero-order valence-electron chi connectivity index (χ0n) is 6.44. The molecule has 0 aromatic carbocycles. The molecule has 2 aliphatic rings. The Kier molecular flexibility index (Phi) is 1.60. The fraction of sp³-hybridized carbons (Fsp3) is 0.222. The van der Waals surface area contributed by atoms with Crippen LogP contribution < -0.4 is 0 Å². The fourth-order valence-corrected chi connectivity index (χ4v) is 1.26. The van der Waals surface area contributed by atoms with Crippen LogP contribution in [0.3, 0.4) is 0 Å². The number of hydrogen-bond donors (Lipinski definition) is 0. The number of hydrogen-bond acceptors (Lipinski definition) is 3. The van der Waals surface area contributed by atoms with Gasteiger partial charge in [0.05, 0.1) is 23.9 Å². The molecule has 12 heavy (non-hydrogen) atoms. The number of nitrogens with zero attached hydrogens (tertiary/aromatic N) is 3. The molecule has 0 aromatic rings. The Morgan fingerprint density at radius 3 is 3.25 bits per heavy atom. The molecule has 2 heterocycles. The number of nitriles is 1. The summed E-state index contributed by atoms with van der Waals surface area (Å²) in [5.74, 6) is 0. The van der Waals surface area contributed by atoms with Gasteiger partial charge in [0.15, 0.2) is 0 Å². The Morgan fingerprint density at radius 1 is 1.58 bits per heavy atom. The van der Waals surface area contributed by atoms with Crippen molar-refractivity contribution in [2.45, 2.75) is 12.5 Å². The van der Waals surface area contributed by atoms with Crippen LogP contribution in [0.15, 0.2) is 33.9 Å². The molecule has 3 nitrogen and oxygen atoms in total. The monoisotopic (exact) mass is 157 g/mol. The third-order valence-corrected chi connectivity index (χ3v) is 1.79. The van der Waals surface area contributed by atoms with Crippen LogP contribution in [0, 0.1) is 11.3 Å². The Balaban J connectivity index is 2.25. The van der Waals surface area contributed by atoms with Gasteiger partial charge < -0.3 is 0 Å². The quantitative estimate of drug-likeness (QED) is 0.565. The van der Waals surface area contributed by atoms with Crippen LogP contribution in [0.4, 0.5) is 0 Å². The molecule has 1 atom stereocenters. The molecule has 2 aliphatic heterocycles. The van der Waals surface area contributed by atoms with Gasteiger partial charge in [-0.1, -0.05) is 0 Å². The van der Waals surface area contributed by atoms with Gasteiger partial charge in [0.1, 0.15) is 6.04 Å². The summed E-state index contributed by atoms with van der Waals surface area (Å²) in [6.07, 6.45) is 7.86. The minimum atomic E-state index is 0.0679. The van der Waals surface area contributed by atoms with Gasteiger partial charge in [-0.2, -0.15) is 5.26 Å². The SMILES string of the molecule is N#CCC1=C[C@H]2N=CC=CC2=N1. The van der Waals surface area contributed by atoms with E-state index in [0.29, 0.717) is 6.42 Å².